The molecular formula is C20H15Cl3N2. The first-order valence-corrected chi connectivity index (χ1v) is 9.09. The second kappa shape index (κ2) is 6.54. The smallest absolute Gasteiger partial charge is 0.0598 e. The molecule has 5 heteroatoms. The Bertz CT molecular complexity index is 1100. The van der Waals surface area contributed by atoms with E-state index in [1.165, 1.54) is 0 Å². The van der Waals surface area contributed by atoms with Crippen LogP contribution in [0.5, 0.6) is 0 Å². The number of nitrogens with zero attached hydrogens (tertiary/aromatic N) is 1. The predicted octanol–water partition coefficient (Wildman–Crippen LogP) is 6.38. The maximum Gasteiger partial charge on any atom is 0.0598 e. The summed E-state index contributed by atoms with van der Waals surface area (Å²) in [6, 6.07) is 18.0. The molecule has 0 aliphatic rings. The Hall–Kier alpha value is -1.71. The molecule has 0 saturated heterocycles. The van der Waals surface area contributed by atoms with E-state index >= 15 is 0 Å². The van der Waals surface area contributed by atoms with Gasteiger partial charge in [0, 0.05) is 39.9 Å². The summed E-state index contributed by atoms with van der Waals surface area (Å²) in [7, 11) is 0. The van der Waals surface area contributed by atoms with Crippen molar-refractivity contribution in [3.63, 3.8) is 0 Å². The van der Waals surface area contributed by atoms with Crippen molar-refractivity contribution in [2.45, 2.75) is 6.54 Å². The van der Waals surface area contributed by atoms with Crippen LogP contribution in [0.4, 0.5) is 0 Å². The van der Waals surface area contributed by atoms with Gasteiger partial charge in [-0.25, -0.2) is 0 Å². The van der Waals surface area contributed by atoms with Gasteiger partial charge in [-0.05, 0) is 47.5 Å². The molecule has 1 aromatic heterocycles. The van der Waals surface area contributed by atoms with Gasteiger partial charge in [-0.1, -0.05) is 53.0 Å². The Balaban J connectivity index is 1.99. The van der Waals surface area contributed by atoms with E-state index in [0.717, 1.165) is 44.5 Å². The Kier molecular flexibility index (Phi) is 4.38. The van der Waals surface area contributed by atoms with Gasteiger partial charge in [0.15, 0.2) is 0 Å². The summed E-state index contributed by atoms with van der Waals surface area (Å²) in [6.07, 6.45) is 0. The lowest BCUT2D eigenvalue weighted by Crippen LogP contribution is -2.09. The summed E-state index contributed by atoms with van der Waals surface area (Å²) in [5.74, 6) is 0. The van der Waals surface area contributed by atoms with Crippen LogP contribution >= 0.6 is 34.8 Å². The molecular weight excluding hydrogens is 375 g/mol. The summed E-state index contributed by atoms with van der Waals surface area (Å²) < 4.78 is 2.24. The van der Waals surface area contributed by atoms with Gasteiger partial charge < -0.3 is 10.3 Å². The average Bonchev–Trinajstić information content (AvgIpc) is 2.90. The average molecular weight is 390 g/mol. The fourth-order valence-electron chi connectivity index (χ4n) is 3.30. The van der Waals surface area contributed by atoms with Crippen molar-refractivity contribution in [3.8, 4) is 11.1 Å². The molecule has 0 bridgehead atoms. The van der Waals surface area contributed by atoms with Crippen molar-refractivity contribution in [1.29, 1.82) is 0 Å². The van der Waals surface area contributed by atoms with Gasteiger partial charge in [-0.15, -0.1) is 0 Å². The third-order valence-electron chi connectivity index (χ3n) is 4.43. The van der Waals surface area contributed by atoms with Crippen molar-refractivity contribution >= 4 is 56.6 Å². The lowest BCUT2D eigenvalue weighted by Gasteiger charge is -2.08. The highest BCUT2D eigenvalue weighted by atomic mass is 35.5. The summed E-state index contributed by atoms with van der Waals surface area (Å²) in [5, 5.41) is 4.13. The minimum absolute atomic E-state index is 0.550. The number of nitrogens with two attached hydrogens (primary N) is 1. The second-order valence-electron chi connectivity index (χ2n) is 5.96. The molecule has 3 aromatic carbocycles. The Morgan fingerprint density at radius 2 is 1.48 bits per heavy atom. The number of benzene rings is 3. The Labute approximate surface area is 160 Å². The van der Waals surface area contributed by atoms with Crippen molar-refractivity contribution in [3.05, 3.63) is 69.7 Å². The van der Waals surface area contributed by atoms with Crippen LogP contribution in [0.15, 0.2) is 54.6 Å². The van der Waals surface area contributed by atoms with Gasteiger partial charge in [0.25, 0.3) is 0 Å². The molecule has 1 heterocycles. The topological polar surface area (TPSA) is 30.9 Å². The normalized spacial score (nSPS) is 11.5. The lowest BCUT2D eigenvalue weighted by molar-refractivity contribution is 0.758. The monoisotopic (exact) mass is 388 g/mol. The summed E-state index contributed by atoms with van der Waals surface area (Å²) in [5.41, 5.74) is 10.2. The molecule has 4 aromatic rings. The maximum atomic E-state index is 6.20. The van der Waals surface area contributed by atoms with E-state index < -0.39 is 0 Å². The maximum absolute atomic E-state index is 6.20. The fourth-order valence-corrected chi connectivity index (χ4v) is 3.77. The fraction of sp³-hybridized carbons (Fsp3) is 0.100. The molecule has 25 heavy (non-hydrogen) atoms. The molecule has 2 N–H and O–H groups in total. The first kappa shape index (κ1) is 16.7. The molecule has 0 spiro atoms. The lowest BCUT2D eigenvalue weighted by atomic mass is 10.0. The predicted molar refractivity (Wildman–Crippen MR) is 109 cm³/mol. The quantitative estimate of drug-likeness (QED) is 0.433. The van der Waals surface area contributed by atoms with Crippen molar-refractivity contribution < 1.29 is 0 Å². The molecule has 0 amide bonds. The van der Waals surface area contributed by atoms with Crippen LogP contribution in [0.3, 0.4) is 0 Å². The van der Waals surface area contributed by atoms with Gasteiger partial charge in [-0.2, -0.15) is 0 Å². The number of aromatic nitrogens is 1. The highest BCUT2D eigenvalue weighted by molar-refractivity contribution is 6.42. The van der Waals surface area contributed by atoms with Gasteiger partial charge >= 0.3 is 0 Å². The number of hydrogen-bond acceptors (Lipinski definition) is 1. The zero-order valence-electron chi connectivity index (χ0n) is 13.3. The zero-order chi connectivity index (χ0) is 17.6. The number of halogens is 3. The molecule has 0 atom stereocenters. The number of hydrogen-bond donors (Lipinski definition) is 1. The minimum Gasteiger partial charge on any atom is -0.339 e. The Morgan fingerprint density at radius 1 is 0.720 bits per heavy atom. The number of rotatable bonds is 3. The van der Waals surface area contributed by atoms with Crippen LogP contribution in [-0.2, 0) is 6.54 Å². The van der Waals surface area contributed by atoms with Crippen molar-refractivity contribution in [1.82, 2.24) is 4.57 Å². The molecule has 0 unspecified atom stereocenters. The van der Waals surface area contributed by atoms with Gasteiger partial charge in [0.2, 0.25) is 0 Å². The van der Waals surface area contributed by atoms with Crippen LogP contribution in [-0.4, -0.2) is 11.1 Å². The Morgan fingerprint density at radius 3 is 2.24 bits per heavy atom. The first-order chi connectivity index (χ1) is 12.1. The van der Waals surface area contributed by atoms with Crippen molar-refractivity contribution in [2.24, 2.45) is 5.73 Å². The molecule has 126 valence electrons. The van der Waals surface area contributed by atoms with E-state index in [9.17, 15) is 0 Å². The van der Waals surface area contributed by atoms with Gasteiger partial charge in [0.1, 0.15) is 0 Å². The van der Waals surface area contributed by atoms with Crippen LogP contribution in [0.1, 0.15) is 0 Å². The second-order valence-corrected chi connectivity index (χ2v) is 7.21. The van der Waals surface area contributed by atoms with E-state index in [2.05, 4.69) is 22.8 Å². The standard InChI is InChI=1S/C20H15Cl3N2/c21-14-3-6-19-16(11-14)15-4-1-13(10-20(15)25(19)8-7-24)12-2-5-17(22)18(23)9-12/h1-6,9-11H,7-8,24H2. The number of fused-ring (bicyclic) bond motifs is 3. The SMILES string of the molecule is NCCn1c2ccc(Cl)cc2c2ccc(-c3ccc(Cl)c(Cl)c3)cc21. The van der Waals surface area contributed by atoms with Crippen LogP contribution in [0.2, 0.25) is 15.1 Å². The third-order valence-corrected chi connectivity index (χ3v) is 5.41. The van der Waals surface area contributed by atoms with Gasteiger partial charge in [0.05, 0.1) is 10.0 Å². The summed E-state index contributed by atoms with van der Waals surface area (Å²) in [6.45, 7) is 1.31. The molecule has 2 nitrogen and oxygen atoms in total. The van der Waals surface area contributed by atoms with E-state index in [4.69, 9.17) is 40.5 Å². The van der Waals surface area contributed by atoms with E-state index in [-0.39, 0.29) is 0 Å². The molecule has 0 aliphatic heterocycles. The highest BCUT2D eigenvalue weighted by Gasteiger charge is 2.12. The highest BCUT2D eigenvalue weighted by Crippen LogP contribution is 2.35. The molecule has 0 saturated carbocycles. The van der Waals surface area contributed by atoms with E-state index in [1.807, 2.05) is 36.4 Å². The van der Waals surface area contributed by atoms with Gasteiger partial charge in [-0.3, -0.25) is 0 Å². The van der Waals surface area contributed by atoms with Crippen molar-refractivity contribution in [2.75, 3.05) is 6.54 Å². The van der Waals surface area contributed by atoms with Crippen LogP contribution < -0.4 is 5.73 Å². The largest absolute Gasteiger partial charge is 0.339 e. The van der Waals surface area contributed by atoms with E-state index in [0.29, 0.717) is 16.6 Å². The van der Waals surface area contributed by atoms with E-state index in [1.54, 1.807) is 0 Å². The van der Waals surface area contributed by atoms with Crippen LogP contribution in [0.25, 0.3) is 32.9 Å². The minimum atomic E-state index is 0.550. The summed E-state index contributed by atoms with van der Waals surface area (Å²) in [4.78, 5) is 0. The third kappa shape index (κ3) is 2.90. The molecule has 4 rings (SSSR count). The van der Waals surface area contributed by atoms with Crippen LogP contribution in [0, 0.1) is 0 Å². The molecule has 0 radical (unpaired) electrons. The summed E-state index contributed by atoms with van der Waals surface area (Å²) >= 11 is 18.4. The molecule has 0 aliphatic carbocycles. The molecule has 0 fully saturated rings. The first-order valence-electron chi connectivity index (χ1n) is 7.95. The zero-order valence-corrected chi connectivity index (χ0v) is 15.5.